The normalized spacial score (nSPS) is 13.3. The molecule has 1 aliphatic carbocycles. The van der Waals surface area contributed by atoms with Crippen LogP contribution in [0.25, 0.3) is 0 Å². The van der Waals surface area contributed by atoms with Crippen molar-refractivity contribution >= 4 is 79.3 Å². The van der Waals surface area contributed by atoms with Crippen LogP contribution in [-0.4, -0.2) is 19.2 Å². The maximum atomic E-state index is 13.2. The van der Waals surface area contributed by atoms with Gasteiger partial charge in [-0.1, -0.05) is 18.2 Å². The Kier molecular flexibility index (Phi) is 7.09. The van der Waals surface area contributed by atoms with Crippen LogP contribution in [0.3, 0.4) is 0 Å². The smallest absolute Gasteiger partial charge is 0.259 e. The van der Waals surface area contributed by atoms with Gasteiger partial charge >= 0.3 is 0 Å². The molecular formula is C23H20I2N2O2S. The number of methoxy groups -OCH3 is 1. The SMILES string of the molecule is COc1c(I)cc(I)cc1C=Nc1sc2c(c1C(=O)Nc1ccccc1)CCCC2. The van der Waals surface area contributed by atoms with Crippen LogP contribution in [-0.2, 0) is 12.8 Å². The summed E-state index contributed by atoms with van der Waals surface area (Å²) >= 11 is 6.21. The summed E-state index contributed by atoms with van der Waals surface area (Å²) in [5.74, 6) is 0.716. The highest BCUT2D eigenvalue weighted by atomic mass is 127. The molecule has 0 aliphatic heterocycles. The molecule has 7 heteroatoms. The van der Waals surface area contributed by atoms with Gasteiger partial charge in [-0.15, -0.1) is 11.3 Å². The highest BCUT2D eigenvalue weighted by Gasteiger charge is 2.25. The zero-order valence-electron chi connectivity index (χ0n) is 16.4. The first kappa shape index (κ1) is 21.8. The van der Waals surface area contributed by atoms with Crippen LogP contribution in [0.15, 0.2) is 47.5 Å². The van der Waals surface area contributed by atoms with Gasteiger partial charge in [-0.05, 0) is 101 Å². The number of hydrogen-bond donors (Lipinski definition) is 1. The molecule has 0 saturated carbocycles. The lowest BCUT2D eigenvalue weighted by Crippen LogP contribution is -2.14. The monoisotopic (exact) mass is 642 g/mol. The van der Waals surface area contributed by atoms with Crippen molar-refractivity contribution in [2.24, 2.45) is 4.99 Å². The summed E-state index contributed by atoms with van der Waals surface area (Å²) in [5, 5.41) is 3.81. The molecule has 2 aromatic carbocycles. The second-order valence-corrected chi connectivity index (χ2v) is 10.5. The van der Waals surface area contributed by atoms with Crippen molar-refractivity contribution in [2.75, 3.05) is 12.4 Å². The molecule has 1 aliphatic rings. The van der Waals surface area contributed by atoms with E-state index in [0.29, 0.717) is 5.56 Å². The summed E-state index contributed by atoms with van der Waals surface area (Å²) in [7, 11) is 1.67. The van der Waals surface area contributed by atoms with E-state index < -0.39 is 0 Å². The van der Waals surface area contributed by atoms with Gasteiger partial charge in [-0.25, -0.2) is 4.99 Å². The third kappa shape index (κ3) is 4.72. The third-order valence-electron chi connectivity index (χ3n) is 4.97. The number of thiophene rings is 1. The zero-order valence-corrected chi connectivity index (χ0v) is 21.5. The number of aryl methyl sites for hydroxylation is 1. The Morgan fingerprint density at radius 3 is 2.70 bits per heavy atom. The summed E-state index contributed by atoms with van der Waals surface area (Å²) in [4.78, 5) is 19.3. The zero-order chi connectivity index (χ0) is 21.1. The molecule has 0 saturated heterocycles. The number of amides is 1. The second kappa shape index (κ2) is 9.78. The first-order valence-corrected chi connectivity index (χ1v) is 12.6. The van der Waals surface area contributed by atoms with Gasteiger partial charge in [0.1, 0.15) is 10.8 Å². The molecule has 30 heavy (non-hydrogen) atoms. The minimum atomic E-state index is -0.0862. The summed E-state index contributed by atoms with van der Waals surface area (Å²) in [6.07, 6.45) is 6.05. The Morgan fingerprint density at radius 1 is 1.17 bits per heavy atom. The van der Waals surface area contributed by atoms with E-state index in [1.54, 1.807) is 18.4 Å². The van der Waals surface area contributed by atoms with Crippen LogP contribution >= 0.6 is 56.5 Å². The molecule has 1 amide bonds. The van der Waals surface area contributed by atoms with E-state index in [1.807, 2.05) is 42.6 Å². The number of carbonyl (C=O) groups excluding carboxylic acids is 1. The first-order valence-electron chi connectivity index (χ1n) is 9.65. The lowest BCUT2D eigenvalue weighted by atomic mass is 9.95. The fourth-order valence-electron chi connectivity index (χ4n) is 3.61. The quantitative estimate of drug-likeness (QED) is 0.245. The van der Waals surface area contributed by atoms with Crippen LogP contribution in [0.1, 0.15) is 39.2 Å². The Hall–Kier alpha value is -1.46. The van der Waals surface area contributed by atoms with Gasteiger partial charge in [0.25, 0.3) is 5.91 Å². The van der Waals surface area contributed by atoms with Gasteiger partial charge < -0.3 is 10.1 Å². The standard InChI is InChI=1S/C23H20I2N2O2S/c1-29-21-14(11-15(24)12-18(21)25)13-26-23-20(17-9-5-6-10-19(17)30-23)22(28)27-16-7-3-2-4-8-16/h2-4,7-8,11-13H,5-6,9-10H2,1H3,(H,27,28). The molecule has 3 aromatic rings. The molecule has 0 unspecified atom stereocenters. The number of hydrogen-bond acceptors (Lipinski definition) is 4. The number of rotatable bonds is 5. The Bertz CT molecular complexity index is 1110. The molecule has 1 aromatic heterocycles. The molecule has 1 heterocycles. The van der Waals surface area contributed by atoms with Crippen LogP contribution in [0.2, 0.25) is 0 Å². The highest BCUT2D eigenvalue weighted by molar-refractivity contribution is 14.1. The van der Waals surface area contributed by atoms with Gasteiger partial charge in [0.2, 0.25) is 0 Å². The van der Waals surface area contributed by atoms with Crippen LogP contribution < -0.4 is 10.1 Å². The second-order valence-electron chi connectivity index (χ2n) is 6.98. The van der Waals surface area contributed by atoms with Gasteiger partial charge in [0, 0.05) is 25.9 Å². The number of benzene rings is 2. The topological polar surface area (TPSA) is 50.7 Å². The minimum absolute atomic E-state index is 0.0862. The molecular weight excluding hydrogens is 622 g/mol. The Morgan fingerprint density at radius 2 is 1.93 bits per heavy atom. The number of nitrogens with zero attached hydrogens (tertiary/aromatic N) is 1. The van der Waals surface area contributed by atoms with Gasteiger partial charge in [0.05, 0.1) is 16.2 Å². The number of nitrogens with one attached hydrogen (secondary N) is 1. The molecule has 0 radical (unpaired) electrons. The third-order valence-corrected chi connectivity index (χ3v) is 7.60. The number of aliphatic imine (C=N–C) groups is 1. The minimum Gasteiger partial charge on any atom is -0.495 e. The molecule has 0 atom stereocenters. The summed E-state index contributed by atoms with van der Waals surface area (Å²) in [5.41, 5.74) is 3.58. The predicted molar refractivity (Wildman–Crippen MR) is 141 cm³/mol. The number of para-hydroxylation sites is 1. The van der Waals surface area contributed by atoms with Crippen LogP contribution in [0.5, 0.6) is 5.75 Å². The number of carbonyl (C=O) groups is 1. The summed E-state index contributed by atoms with van der Waals surface area (Å²) in [6, 6.07) is 13.7. The van der Waals surface area contributed by atoms with Gasteiger partial charge in [-0.3, -0.25) is 4.79 Å². The molecule has 0 fully saturated rings. The summed E-state index contributed by atoms with van der Waals surface area (Å²) < 4.78 is 7.73. The largest absolute Gasteiger partial charge is 0.495 e. The average Bonchev–Trinajstić information content (AvgIpc) is 3.11. The van der Waals surface area contributed by atoms with Gasteiger partial charge in [-0.2, -0.15) is 0 Å². The Labute approximate surface area is 207 Å². The maximum Gasteiger partial charge on any atom is 0.259 e. The van der Waals surface area contributed by atoms with Crippen molar-refractivity contribution in [1.82, 2.24) is 0 Å². The van der Waals surface area contributed by atoms with Crippen molar-refractivity contribution in [3.05, 3.63) is 71.2 Å². The average molecular weight is 642 g/mol. The van der Waals surface area contributed by atoms with Crippen molar-refractivity contribution in [3.63, 3.8) is 0 Å². The molecule has 154 valence electrons. The van der Waals surface area contributed by atoms with Gasteiger partial charge in [0.15, 0.2) is 0 Å². The van der Waals surface area contributed by atoms with Crippen LogP contribution in [0.4, 0.5) is 10.7 Å². The lowest BCUT2D eigenvalue weighted by Gasteiger charge is -2.12. The number of ether oxygens (including phenoxy) is 1. The molecule has 4 nitrogen and oxygen atoms in total. The molecule has 1 N–H and O–H groups in total. The van der Waals surface area contributed by atoms with E-state index in [0.717, 1.165) is 54.0 Å². The van der Waals surface area contributed by atoms with Crippen LogP contribution in [0, 0.1) is 7.14 Å². The van der Waals surface area contributed by atoms with E-state index in [1.165, 1.54) is 11.3 Å². The van der Waals surface area contributed by atoms with Crippen molar-refractivity contribution < 1.29 is 9.53 Å². The number of anilines is 1. The fraction of sp³-hybridized carbons (Fsp3) is 0.217. The Balaban J connectivity index is 1.73. The van der Waals surface area contributed by atoms with E-state index in [4.69, 9.17) is 9.73 Å². The van der Waals surface area contributed by atoms with Crippen molar-refractivity contribution in [2.45, 2.75) is 25.7 Å². The van der Waals surface area contributed by atoms with E-state index in [9.17, 15) is 4.79 Å². The summed E-state index contributed by atoms with van der Waals surface area (Å²) in [6.45, 7) is 0. The van der Waals surface area contributed by atoms with E-state index in [-0.39, 0.29) is 5.91 Å². The first-order chi connectivity index (χ1) is 14.6. The molecule has 4 rings (SSSR count). The number of halogens is 2. The van der Waals surface area contributed by atoms with E-state index in [2.05, 4.69) is 56.6 Å². The fourth-order valence-corrected chi connectivity index (χ4v) is 6.95. The number of fused-ring (bicyclic) bond motifs is 1. The molecule has 0 spiro atoms. The lowest BCUT2D eigenvalue weighted by molar-refractivity contribution is 0.102. The molecule has 0 bridgehead atoms. The highest BCUT2D eigenvalue weighted by Crippen LogP contribution is 2.40. The van der Waals surface area contributed by atoms with Crippen molar-refractivity contribution in [1.29, 1.82) is 0 Å². The maximum absolute atomic E-state index is 13.2. The van der Waals surface area contributed by atoms with Crippen molar-refractivity contribution in [3.8, 4) is 5.75 Å². The van der Waals surface area contributed by atoms with E-state index >= 15 is 0 Å². The predicted octanol–water partition coefficient (Wildman–Crippen LogP) is 6.85.